The van der Waals surface area contributed by atoms with Crippen LogP contribution in [-0.4, -0.2) is 253 Å². The maximum atomic E-state index is 15.1. The van der Waals surface area contributed by atoms with Crippen molar-refractivity contribution in [2.24, 2.45) is 0 Å². The maximum absolute atomic E-state index is 15.1. The van der Waals surface area contributed by atoms with Crippen molar-refractivity contribution in [1.29, 1.82) is 0 Å². The Kier molecular flexibility index (Phi) is 31.8. The summed E-state index contributed by atoms with van der Waals surface area (Å²) in [4.78, 5) is 186. The van der Waals surface area contributed by atoms with Gasteiger partial charge in [0, 0.05) is 104 Å². The van der Waals surface area contributed by atoms with Crippen molar-refractivity contribution < 1.29 is 162 Å². The third kappa shape index (κ3) is 25.0. The van der Waals surface area contributed by atoms with Gasteiger partial charge < -0.3 is 105 Å². The van der Waals surface area contributed by atoms with Gasteiger partial charge in [0.1, 0.15) is 68.6 Å². The summed E-state index contributed by atoms with van der Waals surface area (Å²) in [5.74, 6) is -17.7. The van der Waals surface area contributed by atoms with Gasteiger partial charge in [0.05, 0.1) is 25.7 Å². The summed E-state index contributed by atoms with van der Waals surface area (Å²) in [6.07, 6.45) is -35.7. The van der Waals surface area contributed by atoms with Gasteiger partial charge in [-0.05, 0) is 19.4 Å². The molecule has 0 aromatic heterocycles. The molecule has 98 heavy (non-hydrogen) atoms. The van der Waals surface area contributed by atoms with Gasteiger partial charge in [0.15, 0.2) is 61.6 Å². The quantitative estimate of drug-likeness (QED) is 0.0535. The fourth-order valence-electron chi connectivity index (χ4n) is 11.1. The molecule has 0 aromatic carbocycles. The summed E-state index contributed by atoms with van der Waals surface area (Å²) >= 11 is 0. The number of amides is 2. The zero-order valence-corrected chi connectivity index (χ0v) is 59.1. The molecule has 0 saturated carbocycles. The predicted molar refractivity (Wildman–Crippen MR) is 323 cm³/mol. The summed E-state index contributed by atoms with van der Waals surface area (Å²) < 4.78 is 121. The molecule has 554 valence electrons. The van der Waals surface area contributed by atoms with Crippen LogP contribution in [0, 0.1) is 0 Å². The Hall–Kier alpha value is -7.52. The summed E-state index contributed by atoms with van der Waals surface area (Å²) in [6.45, 7) is 18.1. The lowest BCUT2D eigenvalue weighted by Crippen LogP contribution is -2.72. The molecule has 0 spiro atoms. The van der Waals surface area contributed by atoms with Crippen LogP contribution in [-0.2, 0) is 162 Å². The number of carbonyl (C=O) groups excluding carboxylic acids is 14. The van der Waals surface area contributed by atoms with Crippen molar-refractivity contribution in [1.82, 2.24) is 10.6 Å². The highest BCUT2D eigenvalue weighted by Crippen LogP contribution is 2.43. The Balaban J connectivity index is 2.23. The number of hydrogen-bond donors (Lipinski definition) is 2. The third-order valence-corrected chi connectivity index (χ3v) is 16.4. The van der Waals surface area contributed by atoms with Crippen LogP contribution in [0.3, 0.4) is 0 Å². The minimum Gasteiger partial charge on any atom is -0.465 e. The van der Waals surface area contributed by atoms with Crippen LogP contribution in [0.1, 0.15) is 116 Å². The molecule has 4 aliphatic rings. The SMILES string of the molecule is CCCC(=O)N[C@H]1[C@H](OCC[Si](C)(C)C)O[C@H](COC(C)=O)[C@@H](O[C@@H]2O[C@H](COC(C)=O)[C@H](OC(C)=O)[C@H](O[C@]3(C(=O)OC)C[C@H](OC(C)=O)[C@@H](NC(C)=O)[C@H]([C@H](OC(C)=O)[C@@H](COC(C)=O)OC(C)=O)O3)[C@H]2OC(C)=O)[C@@H]1O[C@@H]1O[C@@H](C)[C@@H](OC(C)=O)[C@@H](OC(C)=O)[C@@H]1OC(C)=O. The van der Waals surface area contributed by atoms with E-state index in [9.17, 15) is 62.3 Å². The van der Waals surface area contributed by atoms with E-state index in [1.807, 2.05) is 19.6 Å². The van der Waals surface area contributed by atoms with Crippen LogP contribution >= 0.6 is 0 Å². The van der Waals surface area contributed by atoms with Crippen LogP contribution in [0.25, 0.3) is 0 Å². The minimum absolute atomic E-state index is 0.0354. The normalized spacial score (nSPS) is 30.5. The number of ether oxygens (including phenoxy) is 20. The van der Waals surface area contributed by atoms with Gasteiger partial charge in [-0.2, -0.15) is 0 Å². The van der Waals surface area contributed by atoms with Crippen molar-refractivity contribution in [2.75, 3.05) is 33.5 Å². The van der Waals surface area contributed by atoms with Gasteiger partial charge >= 0.3 is 71.6 Å². The van der Waals surface area contributed by atoms with E-state index in [-0.39, 0.29) is 19.4 Å². The summed E-state index contributed by atoms with van der Waals surface area (Å²) in [7, 11) is -1.15. The van der Waals surface area contributed by atoms with Gasteiger partial charge in [0.25, 0.3) is 5.79 Å². The highest BCUT2D eigenvalue weighted by molar-refractivity contribution is 6.76. The number of carbonyl (C=O) groups is 14. The molecule has 0 aromatic rings. The molecule has 21 atom stereocenters. The van der Waals surface area contributed by atoms with Crippen molar-refractivity contribution >= 4 is 91.5 Å². The van der Waals surface area contributed by atoms with Gasteiger partial charge in [-0.3, -0.25) is 62.3 Å². The standard InChI is InChI=1S/C61H92N2O34Si/c1-19-20-44(76)63-46-51(95-58-55(90-38(13)74)53(89-37(12)73)47(27(2)83-58)86-34(9)70)48(42(25-81-30(5)66)92-57(46)79-21-22-98(16,17)18)94-59-56(91-39(14)75)54(50(88-36(11)72)43(93-59)26-82-31(6)67)97-61(60(77)78-15)23-40(84-32(7)68)45(62-28(3)64)52(96-61)49(87-35(10)71)41(85-33(8)69)24-80-29(4)65/h27,40-43,45-59H,19-26H2,1-18H3,(H,62,64)(H,63,76)/t27-,40-,41+,42+,43+,45+,46+,47+,48+,49+,50-,51+,52+,53+,54-,55-,56+,57+,58-,59-,61-/m0/s1. The number of esters is 12. The molecule has 4 aliphatic heterocycles. The average Bonchev–Trinajstić information content (AvgIpc) is 0.747. The van der Waals surface area contributed by atoms with Gasteiger partial charge in [-0.15, -0.1) is 0 Å². The second kappa shape index (κ2) is 37.6. The van der Waals surface area contributed by atoms with Crippen LogP contribution in [0.5, 0.6) is 0 Å². The Bertz CT molecular complexity index is 2850. The fraction of sp³-hybridized carbons (Fsp3) is 0.770. The second-order valence-electron chi connectivity index (χ2n) is 24.5. The van der Waals surface area contributed by atoms with E-state index in [0.29, 0.717) is 6.04 Å². The van der Waals surface area contributed by atoms with Crippen molar-refractivity contribution in [3.8, 4) is 0 Å². The molecule has 37 heteroatoms. The van der Waals surface area contributed by atoms with Crippen LogP contribution < -0.4 is 10.6 Å². The summed E-state index contributed by atoms with van der Waals surface area (Å²) in [5.41, 5.74) is 0. The Morgan fingerprint density at radius 1 is 0.510 bits per heavy atom. The molecule has 0 radical (unpaired) electrons. The summed E-state index contributed by atoms with van der Waals surface area (Å²) in [5, 5.41) is 5.38. The zero-order valence-electron chi connectivity index (χ0n) is 58.1. The molecule has 4 rings (SSSR count). The molecule has 0 aliphatic carbocycles. The van der Waals surface area contributed by atoms with E-state index in [2.05, 4.69) is 10.6 Å². The minimum atomic E-state index is -3.24. The lowest BCUT2D eigenvalue weighted by molar-refractivity contribution is -0.391. The van der Waals surface area contributed by atoms with E-state index in [0.717, 1.165) is 90.2 Å². The first kappa shape index (κ1) is 82.9. The Labute approximate surface area is 566 Å². The van der Waals surface area contributed by atoms with E-state index in [1.165, 1.54) is 6.92 Å². The van der Waals surface area contributed by atoms with E-state index < -0.39 is 246 Å². The first-order chi connectivity index (χ1) is 45.7. The summed E-state index contributed by atoms with van der Waals surface area (Å²) in [6, 6.07) is -2.92. The molecular formula is C61H92N2O34Si. The van der Waals surface area contributed by atoms with Gasteiger partial charge in [0.2, 0.25) is 11.8 Å². The van der Waals surface area contributed by atoms with Crippen LogP contribution in [0.2, 0.25) is 25.7 Å². The van der Waals surface area contributed by atoms with E-state index in [1.54, 1.807) is 6.92 Å². The maximum Gasteiger partial charge on any atom is 0.366 e. The highest BCUT2D eigenvalue weighted by Gasteiger charge is 2.65. The molecule has 2 amide bonds. The number of methoxy groups -OCH3 is 1. The predicted octanol–water partition coefficient (Wildman–Crippen LogP) is 0.282. The number of nitrogens with one attached hydrogen (secondary N) is 2. The van der Waals surface area contributed by atoms with Crippen LogP contribution in [0.4, 0.5) is 0 Å². The van der Waals surface area contributed by atoms with Crippen LogP contribution in [0.15, 0.2) is 0 Å². The molecule has 4 fully saturated rings. The monoisotopic (exact) mass is 1420 g/mol. The van der Waals surface area contributed by atoms with Gasteiger partial charge in [-0.1, -0.05) is 26.6 Å². The lowest BCUT2D eigenvalue weighted by atomic mass is 9.87. The molecule has 4 saturated heterocycles. The van der Waals surface area contributed by atoms with E-state index in [4.69, 9.17) is 94.7 Å². The largest absolute Gasteiger partial charge is 0.465 e. The smallest absolute Gasteiger partial charge is 0.366 e. The van der Waals surface area contributed by atoms with Gasteiger partial charge in [-0.25, -0.2) is 4.79 Å². The molecule has 36 nitrogen and oxygen atoms in total. The molecule has 0 bridgehead atoms. The fourth-order valence-corrected chi connectivity index (χ4v) is 11.8. The Morgan fingerprint density at radius 2 is 0.990 bits per heavy atom. The van der Waals surface area contributed by atoms with Crippen molar-refractivity contribution in [3.63, 3.8) is 0 Å². The number of hydrogen-bond acceptors (Lipinski definition) is 34. The topological polar surface area (TPSA) is 448 Å². The molecule has 0 unspecified atom stereocenters. The third-order valence-electron chi connectivity index (χ3n) is 14.7. The Morgan fingerprint density at radius 3 is 1.48 bits per heavy atom. The molecule has 4 heterocycles. The number of rotatable bonds is 31. The van der Waals surface area contributed by atoms with E-state index >= 15 is 4.79 Å². The first-order valence-corrected chi connectivity index (χ1v) is 35.1. The molecule has 2 N–H and O–H groups in total. The second-order valence-corrected chi connectivity index (χ2v) is 30.1. The average molecular weight is 1430 g/mol. The molecular weight excluding hydrogens is 1330 g/mol. The van der Waals surface area contributed by atoms with Crippen molar-refractivity contribution in [3.05, 3.63) is 0 Å². The van der Waals surface area contributed by atoms with Crippen molar-refractivity contribution in [2.45, 2.75) is 270 Å². The lowest BCUT2D eigenvalue weighted by Gasteiger charge is -2.53. The highest BCUT2D eigenvalue weighted by atomic mass is 28.3. The first-order valence-electron chi connectivity index (χ1n) is 31.4. The zero-order chi connectivity index (χ0) is 73.8.